The van der Waals surface area contributed by atoms with Crippen LogP contribution in [0.3, 0.4) is 0 Å². The van der Waals surface area contributed by atoms with Crippen LogP contribution in [0.25, 0.3) is 0 Å². The highest BCUT2D eigenvalue weighted by molar-refractivity contribution is 7.91. The number of nitrogens with zero attached hydrogens (tertiary/aromatic N) is 1. The van der Waals surface area contributed by atoms with Gasteiger partial charge in [0.1, 0.15) is 0 Å². The summed E-state index contributed by atoms with van der Waals surface area (Å²) in [7, 11) is -0.606. The van der Waals surface area contributed by atoms with Crippen molar-refractivity contribution in [2.24, 2.45) is 0 Å². The summed E-state index contributed by atoms with van der Waals surface area (Å²) in [5, 5.41) is 3.31. The lowest BCUT2D eigenvalue weighted by molar-refractivity contribution is 0.233. The molecule has 5 heteroatoms. The zero-order valence-corrected chi connectivity index (χ0v) is 11.5. The standard InChI is InChI=1S/C12H24N2O2S/c1-14(12-4-2-3-5-12)8-6-11-10-17(15,16)9-7-13-11/h11-13H,2-10H2,1H3. The van der Waals surface area contributed by atoms with E-state index in [2.05, 4.69) is 17.3 Å². The van der Waals surface area contributed by atoms with Crippen LogP contribution in [0, 0.1) is 0 Å². The molecule has 1 saturated heterocycles. The molecule has 17 heavy (non-hydrogen) atoms. The molecule has 0 aromatic carbocycles. The minimum absolute atomic E-state index is 0.164. The molecule has 0 spiro atoms. The number of hydrogen-bond acceptors (Lipinski definition) is 4. The maximum atomic E-state index is 11.5. The third-order valence-corrected chi connectivity index (χ3v) is 5.82. The Hall–Kier alpha value is -0.130. The first-order chi connectivity index (χ1) is 8.07. The summed E-state index contributed by atoms with van der Waals surface area (Å²) in [5.41, 5.74) is 0. The first kappa shape index (κ1) is 13.3. The SMILES string of the molecule is CN(CCC1CS(=O)(=O)CCN1)C1CCCC1. The summed E-state index contributed by atoms with van der Waals surface area (Å²) in [6.07, 6.45) is 6.28. The molecule has 1 saturated carbocycles. The topological polar surface area (TPSA) is 49.4 Å². The van der Waals surface area contributed by atoms with Gasteiger partial charge in [-0.3, -0.25) is 0 Å². The monoisotopic (exact) mass is 260 g/mol. The fraction of sp³-hybridized carbons (Fsp3) is 1.00. The largest absolute Gasteiger partial charge is 0.312 e. The molecule has 2 rings (SSSR count). The van der Waals surface area contributed by atoms with Crippen LogP contribution in [0.2, 0.25) is 0 Å². The maximum absolute atomic E-state index is 11.5. The van der Waals surface area contributed by atoms with Crippen molar-refractivity contribution in [2.45, 2.75) is 44.2 Å². The molecule has 1 aliphatic heterocycles. The molecule has 1 atom stereocenters. The molecule has 2 fully saturated rings. The number of nitrogens with one attached hydrogen (secondary N) is 1. The predicted molar refractivity (Wildman–Crippen MR) is 69.9 cm³/mol. The van der Waals surface area contributed by atoms with Crippen molar-refractivity contribution >= 4 is 9.84 Å². The minimum Gasteiger partial charge on any atom is -0.312 e. The van der Waals surface area contributed by atoms with Gasteiger partial charge in [-0.1, -0.05) is 12.8 Å². The van der Waals surface area contributed by atoms with E-state index in [4.69, 9.17) is 0 Å². The van der Waals surface area contributed by atoms with Gasteiger partial charge in [-0.15, -0.1) is 0 Å². The number of sulfone groups is 1. The van der Waals surface area contributed by atoms with E-state index in [0.717, 1.165) is 19.0 Å². The lowest BCUT2D eigenvalue weighted by Crippen LogP contribution is -2.46. The van der Waals surface area contributed by atoms with Gasteiger partial charge in [-0.25, -0.2) is 8.42 Å². The molecule has 0 bridgehead atoms. The van der Waals surface area contributed by atoms with E-state index < -0.39 is 9.84 Å². The summed E-state index contributed by atoms with van der Waals surface area (Å²) >= 11 is 0. The average molecular weight is 260 g/mol. The number of hydrogen-bond donors (Lipinski definition) is 1. The van der Waals surface area contributed by atoms with E-state index in [-0.39, 0.29) is 6.04 Å². The van der Waals surface area contributed by atoms with Crippen LogP contribution in [-0.4, -0.2) is 57.0 Å². The highest BCUT2D eigenvalue weighted by Gasteiger charge is 2.25. The van der Waals surface area contributed by atoms with Gasteiger partial charge < -0.3 is 10.2 Å². The first-order valence-corrected chi connectivity index (χ1v) is 8.53. The van der Waals surface area contributed by atoms with Gasteiger partial charge >= 0.3 is 0 Å². The molecular weight excluding hydrogens is 236 g/mol. The van der Waals surface area contributed by atoms with Gasteiger partial charge in [0.25, 0.3) is 0 Å². The van der Waals surface area contributed by atoms with E-state index in [0.29, 0.717) is 18.1 Å². The van der Waals surface area contributed by atoms with Gasteiger partial charge in [-0.2, -0.15) is 0 Å². The van der Waals surface area contributed by atoms with Crippen molar-refractivity contribution < 1.29 is 8.42 Å². The predicted octanol–water partition coefficient (Wildman–Crippen LogP) is 0.638. The van der Waals surface area contributed by atoms with Crippen LogP contribution < -0.4 is 5.32 Å². The maximum Gasteiger partial charge on any atom is 0.153 e. The van der Waals surface area contributed by atoms with Crippen molar-refractivity contribution in [3.05, 3.63) is 0 Å². The Labute approximate surface area is 105 Å². The molecule has 2 aliphatic rings. The van der Waals surface area contributed by atoms with E-state index in [1.54, 1.807) is 0 Å². The Morgan fingerprint density at radius 2 is 2.00 bits per heavy atom. The Kier molecular flexibility index (Phi) is 4.44. The Morgan fingerprint density at radius 3 is 2.65 bits per heavy atom. The molecule has 1 aliphatic carbocycles. The average Bonchev–Trinajstić information content (AvgIpc) is 2.78. The Balaban J connectivity index is 1.74. The highest BCUT2D eigenvalue weighted by Crippen LogP contribution is 2.22. The molecule has 100 valence electrons. The van der Waals surface area contributed by atoms with Gasteiger partial charge in [0.2, 0.25) is 0 Å². The minimum atomic E-state index is -2.78. The third kappa shape index (κ3) is 3.93. The zero-order valence-electron chi connectivity index (χ0n) is 10.7. The summed E-state index contributed by atoms with van der Waals surface area (Å²) < 4.78 is 23.0. The van der Waals surface area contributed by atoms with E-state index in [1.165, 1.54) is 25.7 Å². The second kappa shape index (κ2) is 5.67. The van der Waals surface area contributed by atoms with Crippen LogP contribution in [0.15, 0.2) is 0 Å². The van der Waals surface area contributed by atoms with Gasteiger partial charge in [0.15, 0.2) is 9.84 Å². The fourth-order valence-corrected chi connectivity index (χ4v) is 4.43. The van der Waals surface area contributed by atoms with E-state index in [1.807, 2.05) is 0 Å². The van der Waals surface area contributed by atoms with Crippen molar-refractivity contribution in [3.63, 3.8) is 0 Å². The summed E-state index contributed by atoms with van der Waals surface area (Å²) in [6, 6.07) is 0.896. The molecule has 0 amide bonds. The van der Waals surface area contributed by atoms with Crippen molar-refractivity contribution in [3.8, 4) is 0 Å². The van der Waals surface area contributed by atoms with Crippen LogP contribution in [0.5, 0.6) is 0 Å². The first-order valence-electron chi connectivity index (χ1n) is 6.71. The van der Waals surface area contributed by atoms with Gasteiger partial charge in [-0.05, 0) is 32.9 Å². The van der Waals surface area contributed by atoms with E-state index >= 15 is 0 Å². The van der Waals surface area contributed by atoms with E-state index in [9.17, 15) is 8.42 Å². The van der Waals surface area contributed by atoms with Crippen LogP contribution in [0.1, 0.15) is 32.1 Å². The van der Waals surface area contributed by atoms with Gasteiger partial charge in [0.05, 0.1) is 11.5 Å². The van der Waals surface area contributed by atoms with Crippen LogP contribution in [-0.2, 0) is 9.84 Å². The summed E-state index contributed by atoms with van der Waals surface area (Å²) in [4.78, 5) is 2.41. The quantitative estimate of drug-likeness (QED) is 0.806. The second-order valence-electron chi connectivity index (χ2n) is 5.47. The number of rotatable bonds is 4. The molecule has 1 N–H and O–H groups in total. The van der Waals surface area contributed by atoms with Gasteiger partial charge in [0, 0.05) is 18.6 Å². The molecule has 1 unspecified atom stereocenters. The summed E-state index contributed by atoms with van der Waals surface area (Å²) in [5.74, 6) is 0.632. The van der Waals surface area contributed by atoms with Crippen LogP contribution in [0.4, 0.5) is 0 Å². The normalized spacial score (nSPS) is 29.9. The third-order valence-electron chi connectivity index (χ3n) is 4.08. The second-order valence-corrected chi connectivity index (χ2v) is 7.70. The fourth-order valence-electron chi connectivity index (χ4n) is 2.94. The summed E-state index contributed by atoms with van der Waals surface area (Å²) in [6.45, 7) is 1.64. The Bertz CT molecular complexity index is 336. The Morgan fingerprint density at radius 1 is 1.29 bits per heavy atom. The van der Waals surface area contributed by atoms with Crippen molar-refractivity contribution in [1.29, 1.82) is 0 Å². The highest BCUT2D eigenvalue weighted by atomic mass is 32.2. The molecular formula is C12H24N2O2S. The van der Waals surface area contributed by atoms with Crippen LogP contribution >= 0.6 is 0 Å². The molecule has 0 aromatic rings. The smallest absolute Gasteiger partial charge is 0.153 e. The lowest BCUT2D eigenvalue weighted by Gasteiger charge is -2.28. The lowest BCUT2D eigenvalue weighted by atomic mass is 10.1. The molecule has 0 radical (unpaired) electrons. The van der Waals surface area contributed by atoms with Crippen molar-refractivity contribution in [1.82, 2.24) is 10.2 Å². The molecule has 1 heterocycles. The molecule has 0 aromatic heterocycles. The van der Waals surface area contributed by atoms with Crippen molar-refractivity contribution in [2.75, 3.05) is 31.6 Å². The zero-order chi connectivity index (χ0) is 12.3. The molecule has 4 nitrogen and oxygen atoms in total.